The average molecular weight is 225 g/mol. The summed E-state index contributed by atoms with van der Waals surface area (Å²) in [6.45, 7) is 0.817. The van der Waals surface area contributed by atoms with Crippen LogP contribution in [0.4, 0.5) is 0 Å². The summed E-state index contributed by atoms with van der Waals surface area (Å²) in [6, 6.07) is 3.98. The average Bonchev–Trinajstić information content (AvgIpc) is 2.71. The molecule has 1 aliphatic heterocycles. The molecular weight excluding hydrogens is 210 g/mol. The first kappa shape index (κ1) is 10.6. The van der Waals surface area contributed by atoms with Gasteiger partial charge in [0, 0.05) is 11.3 Å². The van der Waals surface area contributed by atoms with Crippen molar-refractivity contribution in [3.63, 3.8) is 0 Å². The van der Waals surface area contributed by atoms with E-state index in [9.17, 15) is 9.90 Å². The van der Waals surface area contributed by atoms with Crippen LogP contribution in [0.15, 0.2) is 17.5 Å². The van der Waals surface area contributed by atoms with Crippen molar-refractivity contribution in [3.05, 3.63) is 22.4 Å². The number of rotatable bonds is 3. The van der Waals surface area contributed by atoms with Crippen molar-refractivity contribution in [2.45, 2.75) is 31.2 Å². The molecule has 0 aromatic carbocycles. The van der Waals surface area contributed by atoms with E-state index in [-0.39, 0.29) is 0 Å². The summed E-state index contributed by atoms with van der Waals surface area (Å²) in [4.78, 5) is 12.5. The molecule has 0 radical (unpaired) electrons. The molecule has 15 heavy (non-hydrogen) atoms. The van der Waals surface area contributed by atoms with Gasteiger partial charge in [-0.2, -0.15) is 0 Å². The van der Waals surface area contributed by atoms with Crippen molar-refractivity contribution in [3.8, 4) is 0 Å². The van der Waals surface area contributed by atoms with Crippen LogP contribution in [0, 0.1) is 0 Å². The Morgan fingerprint density at radius 2 is 2.47 bits per heavy atom. The Balaban J connectivity index is 2.15. The summed E-state index contributed by atoms with van der Waals surface area (Å²) in [6.07, 6.45) is 3.43. The van der Waals surface area contributed by atoms with Crippen molar-refractivity contribution >= 4 is 17.3 Å². The van der Waals surface area contributed by atoms with Gasteiger partial charge in [-0.1, -0.05) is 6.07 Å². The fourth-order valence-corrected chi connectivity index (χ4v) is 2.91. The molecule has 1 aromatic rings. The second-order valence-electron chi connectivity index (χ2n) is 4.03. The van der Waals surface area contributed by atoms with Gasteiger partial charge < -0.3 is 10.4 Å². The predicted octanol–water partition coefficient (Wildman–Crippen LogP) is 1.89. The molecule has 1 aromatic heterocycles. The van der Waals surface area contributed by atoms with Gasteiger partial charge in [0.1, 0.15) is 5.54 Å². The molecule has 1 fully saturated rings. The Morgan fingerprint density at radius 1 is 1.60 bits per heavy atom. The topological polar surface area (TPSA) is 49.3 Å². The highest BCUT2D eigenvalue weighted by Gasteiger charge is 2.39. The van der Waals surface area contributed by atoms with Crippen molar-refractivity contribution in [2.75, 3.05) is 6.54 Å². The highest BCUT2D eigenvalue weighted by atomic mass is 32.1. The highest BCUT2D eigenvalue weighted by molar-refractivity contribution is 7.09. The largest absolute Gasteiger partial charge is 0.480 e. The second kappa shape index (κ2) is 4.33. The fourth-order valence-electron chi connectivity index (χ4n) is 2.09. The molecule has 0 aliphatic carbocycles. The number of nitrogens with one attached hydrogen (secondary N) is 1. The first-order valence-electron chi connectivity index (χ1n) is 5.24. The third kappa shape index (κ3) is 2.21. The van der Waals surface area contributed by atoms with Crippen LogP contribution < -0.4 is 5.32 Å². The van der Waals surface area contributed by atoms with Crippen LogP contribution in [0.3, 0.4) is 0 Å². The van der Waals surface area contributed by atoms with Crippen molar-refractivity contribution in [1.82, 2.24) is 5.32 Å². The lowest BCUT2D eigenvalue weighted by molar-refractivity contribution is -0.145. The van der Waals surface area contributed by atoms with Gasteiger partial charge in [-0.25, -0.2) is 0 Å². The minimum atomic E-state index is -0.719. The van der Waals surface area contributed by atoms with E-state index in [1.54, 1.807) is 11.3 Å². The van der Waals surface area contributed by atoms with Gasteiger partial charge in [-0.05, 0) is 37.3 Å². The second-order valence-corrected chi connectivity index (χ2v) is 5.06. The van der Waals surface area contributed by atoms with Crippen LogP contribution in [0.5, 0.6) is 0 Å². The molecule has 2 rings (SSSR count). The third-order valence-electron chi connectivity index (χ3n) is 2.96. The zero-order valence-corrected chi connectivity index (χ0v) is 9.35. The van der Waals surface area contributed by atoms with E-state index in [2.05, 4.69) is 5.32 Å². The predicted molar refractivity (Wildman–Crippen MR) is 60.2 cm³/mol. The van der Waals surface area contributed by atoms with Crippen LogP contribution in [-0.4, -0.2) is 23.2 Å². The summed E-state index contributed by atoms with van der Waals surface area (Å²) in [5.41, 5.74) is -0.719. The number of carboxylic acid groups (broad SMARTS) is 1. The number of piperidine rings is 1. The first-order chi connectivity index (χ1) is 7.23. The van der Waals surface area contributed by atoms with Crippen LogP contribution in [-0.2, 0) is 11.2 Å². The van der Waals surface area contributed by atoms with Crippen LogP contribution in [0.2, 0.25) is 0 Å². The van der Waals surface area contributed by atoms with Gasteiger partial charge >= 0.3 is 5.97 Å². The van der Waals surface area contributed by atoms with Gasteiger partial charge in [0.15, 0.2) is 0 Å². The van der Waals surface area contributed by atoms with Gasteiger partial charge in [-0.15, -0.1) is 11.3 Å². The van der Waals surface area contributed by atoms with Crippen molar-refractivity contribution in [1.29, 1.82) is 0 Å². The molecule has 1 aliphatic rings. The monoisotopic (exact) mass is 225 g/mol. The molecule has 2 N–H and O–H groups in total. The standard InChI is InChI=1S/C11H15NO2S/c13-10(14)11(5-1-2-6-12-11)8-9-4-3-7-15-9/h3-4,7,12H,1-2,5-6,8H2,(H,13,14). The molecule has 0 spiro atoms. The number of carboxylic acids is 1. The number of hydrogen-bond donors (Lipinski definition) is 2. The van der Waals surface area contributed by atoms with E-state index < -0.39 is 11.5 Å². The Kier molecular flexibility index (Phi) is 3.07. The molecule has 0 bridgehead atoms. The van der Waals surface area contributed by atoms with Crippen molar-refractivity contribution in [2.24, 2.45) is 0 Å². The first-order valence-corrected chi connectivity index (χ1v) is 6.12. The van der Waals surface area contributed by atoms with Crippen LogP contribution >= 0.6 is 11.3 Å². The maximum absolute atomic E-state index is 11.3. The van der Waals surface area contributed by atoms with Crippen molar-refractivity contribution < 1.29 is 9.90 Å². The Bertz CT molecular complexity index is 328. The zero-order chi connectivity index (χ0) is 10.7. The van der Waals surface area contributed by atoms with Gasteiger partial charge in [-0.3, -0.25) is 4.79 Å². The molecular formula is C11H15NO2S. The molecule has 4 heteroatoms. The third-order valence-corrected chi connectivity index (χ3v) is 3.84. The summed E-state index contributed by atoms with van der Waals surface area (Å²) < 4.78 is 0. The smallest absolute Gasteiger partial charge is 0.324 e. The minimum Gasteiger partial charge on any atom is -0.480 e. The van der Waals surface area contributed by atoms with Gasteiger partial charge in [0.2, 0.25) is 0 Å². The van der Waals surface area contributed by atoms with E-state index in [1.807, 2.05) is 17.5 Å². The Morgan fingerprint density at radius 3 is 3.00 bits per heavy atom. The van der Waals surface area contributed by atoms with Gasteiger partial charge in [0.25, 0.3) is 0 Å². The van der Waals surface area contributed by atoms with Crippen LogP contribution in [0.1, 0.15) is 24.1 Å². The Labute approximate surface area is 93.1 Å². The molecule has 82 valence electrons. The number of aliphatic carboxylic acids is 1. The van der Waals surface area contributed by atoms with E-state index in [0.717, 1.165) is 30.7 Å². The summed E-state index contributed by atoms with van der Waals surface area (Å²) in [7, 11) is 0. The maximum atomic E-state index is 11.3. The van der Waals surface area contributed by atoms with Gasteiger partial charge in [0.05, 0.1) is 0 Å². The lowest BCUT2D eigenvalue weighted by Gasteiger charge is -2.34. The molecule has 1 unspecified atom stereocenters. The Hall–Kier alpha value is -0.870. The summed E-state index contributed by atoms with van der Waals surface area (Å²) in [5, 5.41) is 14.5. The van der Waals surface area contributed by atoms with E-state index >= 15 is 0 Å². The van der Waals surface area contributed by atoms with Crippen LogP contribution in [0.25, 0.3) is 0 Å². The molecule has 1 saturated heterocycles. The summed E-state index contributed by atoms with van der Waals surface area (Å²) in [5.74, 6) is -0.712. The zero-order valence-electron chi connectivity index (χ0n) is 8.53. The van der Waals surface area contributed by atoms with E-state index in [0.29, 0.717) is 6.42 Å². The lowest BCUT2D eigenvalue weighted by Crippen LogP contribution is -2.56. The SMILES string of the molecule is O=C(O)C1(Cc2cccs2)CCCCN1. The number of carbonyl (C=O) groups is 1. The minimum absolute atomic E-state index is 0.611. The number of thiophene rings is 1. The molecule has 3 nitrogen and oxygen atoms in total. The maximum Gasteiger partial charge on any atom is 0.324 e. The summed E-state index contributed by atoms with van der Waals surface area (Å²) >= 11 is 1.63. The van der Waals surface area contributed by atoms with E-state index in [4.69, 9.17) is 0 Å². The molecule has 0 saturated carbocycles. The quantitative estimate of drug-likeness (QED) is 0.826. The normalized spacial score (nSPS) is 26.4. The molecule has 1 atom stereocenters. The molecule has 0 amide bonds. The lowest BCUT2D eigenvalue weighted by atomic mass is 9.85. The van der Waals surface area contributed by atoms with E-state index in [1.165, 1.54) is 0 Å². The molecule has 2 heterocycles. The fraction of sp³-hybridized carbons (Fsp3) is 0.545. The highest BCUT2D eigenvalue weighted by Crippen LogP contribution is 2.26. The number of hydrogen-bond acceptors (Lipinski definition) is 3.